The van der Waals surface area contributed by atoms with Gasteiger partial charge in [-0.25, -0.2) is 4.98 Å². The number of nitrogens with zero attached hydrogens (tertiary/aromatic N) is 4. The van der Waals surface area contributed by atoms with Crippen molar-refractivity contribution in [2.24, 2.45) is 0 Å². The number of thiazole rings is 1. The second kappa shape index (κ2) is 9.51. The lowest BCUT2D eigenvalue weighted by atomic mass is 10.1. The van der Waals surface area contributed by atoms with Gasteiger partial charge in [-0.3, -0.25) is 19.2 Å². The van der Waals surface area contributed by atoms with E-state index in [2.05, 4.69) is 55.8 Å². The van der Waals surface area contributed by atoms with Crippen molar-refractivity contribution >= 4 is 23.2 Å². The molecule has 2 aromatic heterocycles. The first-order valence-electron chi connectivity index (χ1n) is 10.4. The molecule has 5 nitrogen and oxygen atoms in total. The van der Waals surface area contributed by atoms with Crippen LogP contribution in [0.1, 0.15) is 27.3 Å². The predicted molar refractivity (Wildman–Crippen MR) is 124 cm³/mol. The van der Waals surface area contributed by atoms with E-state index in [-0.39, 0.29) is 5.78 Å². The van der Waals surface area contributed by atoms with Crippen molar-refractivity contribution in [2.45, 2.75) is 13.8 Å². The Morgan fingerprint density at radius 3 is 2.53 bits per heavy atom. The largest absolute Gasteiger partial charge is 0.297 e. The Morgan fingerprint density at radius 1 is 1.10 bits per heavy atom. The highest BCUT2D eigenvalue weighted by atomic mass is 32.1. The van der Waals surface area contributed by atoms with Crippen molar-refractivity contribution in [2.75, 3.05) is 39.3 Å². The fourth-order valence-corrected chi connectivity index (χ4v) is 4.74. The van der Waals surface area contributed by atoms with Gasteiger partial charge in [0.05, 0.1) is 6.54 Å². The van der Waals surface area contributed by atoms with Gasteiger partial charge in [0, 0.05) is 61.3 Å². The summed E-state index contributed by atoms with van der Waals surface area (Å²) >= 11 is 1.59. The van der Waals surface area contributed by atoms with Crippen LogP contribution in [0.25, 0.3) is 11.2 Å². The van der Waals surface area contributed by atoms with Gasteiger partial charge in [0.1, 0.15) is 0 Å². The number of piperazine rings is 1. The molecule has 0 spiro atoms. The first-order chi connectivity index (χ1) is 14.6. The van der Waals surface area contributed by atoms with Crippen LogP contribution in [0.15, 0.2) is 54.1 Å². The van der Waals surface area contributed by atoms with Crippen LogP contribution in [-0.4, -0.2) is 64.4 Å². The van der Waals surface area contributed by atoms with E-state index in [1.807, 2.05) is 31.4 Å². The Bertz CT molecular complexity index is 1000. The van der Waals surface area contributed by atoms with E-state index in [0.717, 1.165) is 54.8 Å². The van der Waals surface area contributed by atoms with Crippen LogP contribution in [0.2, 0.25) is 0 Å². The number of benzene rings is 1. The fraction of sp³-hybridized carbons (Fsp3) is 0.333. The molecule has 1 aromatic carbocycles. The summed E-state index contributed by atoms with van der Waals surface area (Å²) in [5.74, 6) is 0.198. The molecule has 0 amide bonds. The van der Waals surface area contributed by atoms with Crippen LogP contribution in [0.5, 0.6) is 0 Å². The maximum Gasteiger partial charge on any atom is 0.193 e. The van der Waals surface area contributed by atoms with E-state index in [9.17, 15) is 4.79 Å². The van der Waals surface area contributed by atoms with Gasteiger partial charge in [0.15, 0.2) is 10.9 Å². The van der Waals surface area contributed by atoms with Gasteiger partial charge >= 0.3 is 0 Å². The summed E-state index contributed by atoms with van der Waals surface area (Å²) in [6.45, 7) is 9.31. The predicted octanol–water partition coefficient (Wildman–Crippen LogP) is 4.06. The first kappa shape index (κ1) is 20.7. The fourth-order valence-electron chi connectivity index (χ4n) is 3.99. The number of aryl methyl sites for hydroxylation is 1. The molecule has 6 heteroatoms. The number of hydrogen-bond donors (Lipinski definition) is 0. The van der Waals surface area contributed by atoms with Gasteiger partial charge in [0.2, 0.25) is 0 Å². The van der Waals surface area contributed by atoms with Crippen molar-refractivity contribution in [1.29, 1.82) is 0 Å². The van der Waals surface area contributed by atoms with E-state index in [1.165, 1.54) is 5.56 Å². The highest BCUT2D eigenvalue weighted by Gasteiger charge is 2.22. The highest BCUT2D eigenvalue weighted by molar-refractivity contribution is 7.12. The SMILES string of the molecule is Cc1cc(C(=O)CN2CCN(C/C=C/c3ccccc3)CC2)c(C)n1-c1nccs1. The van der Waals surface area contributed by atoms with Crippen LogP contribution < -0.4 is 0 Å². The van der Waals surface area contributed by atoms with Crippen LogP contribution in [0, 0.1) is 13.8 Å². The lowest BCUT2D eigenvalue weighted by Gasteiger charge is -2.33. The minimum atomic E-state index is 0.198. The summed E-state index contributed by atoms with van der Waals surface area (Å²) in [5, 5.41) is 2.88. The maximum atomic E-state index is 13.0. The number of rotatable bonds is 7. The monoisotopic (exact) mass is 420 g/mol. The molecular formula is C24H28N4OS. The van der Waals surface area contributed by atoms with E-state index < -0.39 is 0 Å². The smallest absolute Gasteiger partial charge is 0.193 e. The third kappa shape index (κ3) is 4.78. The number of carbonyl (C=O) groups excluding carboxylic acids is 1. The second-order valence-electron chi connectivity index (χ2n) is 7.75. The zero-order valence-corrected chi connectivity index (χ0v) is 18.4. The van der Waals surface area contributed by atoms with Crippen LogP contribution in [0.3, 0.4) is 0 Å². The summed E-state index contributed by atoms with van der Waals surface area (Å²) in [4.78, 5) is 22.1. The Kier molecular flexibility index (Phi) is 6.57. The van der Waals surface area contributed by atoms with Gasteiger partial charge in [-0.2, -0.15) is 0 Å². The average Bonchev–Trinajstić information content (AvgIpc) is 3.37. The lowest BCUT2D eigenvalue weighted by Crippen LogP contribution is -2.47. The number of carbonyl (C=O) groups is 1. The number of hydrogen-bond acceptors (Lipinski definition) is 5. The van der Waals surface area contributed by atoms with Gasteiger partial charge < -0.3 is 0 Å². The molecule has 0 radical (unpaired) electrons. The Morgan fingerprint density at radius 2 is 1.83 bits per heavy atom. The Hall–Kier alpha value is -2.54. The third-order valence-corrected chi connectivity index (χ3v) is 6.40. The molecule has 0 aliphatic carbocycles. The van der Waals surface area contributed by atoms with Gasteiger partial charge in [-0.05, 0) is 25.5 Å². The highest BCUT2D eigenvalue weighted by Crippen LogP contribution is 2.23. The van der Waals surface area contributed by atoms with Crippen molar-refractivity contribution in [3.05, 3.63) is 76.6 Å². The number of Topliss-reactive ketones (excluding diaryl/α,β-unsaturated/α-hetero) is 1. The van der Waals surface area contributed by atoms with E-state index in [4.69, 9.17) is 0 Å². The number of ketones is 1. The van der Waals surface area contributed by atoms with Crippen LogP contribution in [-0.2, 0) is 0 Å². The van der Waals surface area contributed by atoms with E-state index in [1.54, 1.807) is 17.5 Å². The quantitative estimate of drug-likeness (QED) is 0.541. The molecule has 0 atom stereocenters. The molecule has 156 valence electrons. The third-order valence-electron chi connectivity index (χ3n) is 5.65. The van der Waals surface area contributed by atoms with Crippen molar-refractivity contribution in [1.82, 2.24) is 19.4 Å². The molecule has 4 rings (SSSR count). The summed E-state index contributed by atoms with van der Waals surface area (Å²) in [6, 6.07) is 12.4. The molecule has 0 bridgehead atoms. The van der Waals surface area contributed by atoms with Crippen molar-refractivity contribution in [3.63, 3.8) is 0 Å². The van der Waals surface area contributed by atoms with Crippen molar-refractivity contribution in [3.8, 4) is 5.13 Å². The molecule has 0 unspecified atom stereocenters. The molecule has 3 heterocycles. The standard InChI is InChI=1S/C24H28N4OS/c1-19-17-22(20(2)28(19)24-25-10-16-30-24)23(29)18-27-14-12-26(13-15-27)11-6-9-21-7-4-3-5-8-21/h3-10,16-17H,11-15,18H2,1-2H3/b9-6+. The second-order valence-corrected chi connectivity index (χ2v) is 8.62. The number of aromatic nitrogens is 2. The maximum absolute atomic E-state index is 13.0. The van der Waals surface area contributed by atoms with Gasteiger partial charge in [-0.15, -0.1) is 11.3 Å². The van der Waals surface area contributed by atoms with Gasteiger partial charge in [0.25, 0.3) is 0 Å². The molecule has 1 aliphatic heterocycles. The molecule has 1 aliphatic rings. The van der Waals surface area contributed by atoms with E-state index in [0.29, 0.717) is 6.54 Å². The lowest BCUT2D eigenvalue weighted by molar-refractivity contribution is 0.0864. The summed E-state index contributed by atoms with van der Waals surface area (Å²) in [7, 11) is 0. The first-order valence-corrected chi connectivity index (χ1v) is 11.3. The normalized spacial score (nSPS) is 15.8. The van der Waals surface area contributed by atoms with Gasteiger partial charge in [-0.1, -0.05) is 42.5 Å². The molecule has 3 aromatic rings. The Balaban J connectivity index is 1.30. The van der Waals surface area contributed by atoms with Crippen molar-refractivity contribution < 1.29 is 4.79 Å². The molecular weight excluding hydrogens is 392 g/mol. The molecule has 0 N–H and O–H groups in total. The molecule has 1 saturated heterocycles. The molecule has 0 saturated carbocycles. The average molecular weight is 421 g/mol. The van der Waals surface area contributed by atoms with E-state index >= 15 is 0 Å². The molecule has 30 heavy (non-hydrogen) atoms. The summed E-state index contributed by atoms with van der Waals surface area (Å²) < 4.78 is 2.08. The summed E-state index contributed by atoms with van der Waals surface area (Å²) in [6.07, 6.45) is 6.20. The van der Waals surface area contributed by atoms with Crippen LogP contribution >= 0.6 is 11.3 Å². The zero-order chi connectivity index (χ0) is 20.9. The zero-order valence-electron chi connectivity index (χ0n) is 17.6. The summed E-state index contributed by atoms with van der Waals surface area (Å²) in [5.41, 5.74) is 4.09. The Labute approximate surface area is 182 Å². The topological polar surface area (TPSA) is 41.4 Å². The minimum absolute atomic E-state index is 0.198. The van der Waals surface area contributed by atoms with Crippen LogP contribution in [0.4, 0.5) is 0 Å². The molecule has 1 fully saturated rings. The minimum Gasteiger partial charge on any atom is -0.297 e.